The molecular weight excluding hydrogens is 204 g/mol. The molecule has 1 saturated heterocycles. The molecule has 0 aliphatic carbocycles. The molecule has 1 fully saturated rings. The number of hydrogen-bond acceptors (Lipinski definition) is 2. The normalized spacial score (nSPS) is 27.3. The Labute approximate surface area is 97.4 Å². The van der Waals surface area contributed by atoms with E-state index in [0.717, 1.165) is 0 Å². The van der Waals surface area contributed by atoms with Crippen molar-refractivity contribution in [3.63, 3.8) is 0 Å². The fourth-order valence-corrected chi connectivity index (χ4v) is 2.25. The van der Waals surface area contributed by atoms with Crippen LogP contribution in [0.3, 0.4) is 0 Å². The van der Waals surface area contributed by atoms with Crippen molar-refractivity contribution in [3.8, 4) is 0 Å². The first-order chi connectivity index (χ1) is 7.34. The first-order valence-corrected chi connectivity index (χ1v) is 5.96. The van der Waals surface area contributed by atoms with Crippen molar-refractivity contribution in [2.75, 3.05) is 0 Å². The standard InChI is InChI=1S/C12H22N2O2/c1-7(2)11-12(16)14(8(3)4)9(5)6-10(15)13-11/h7-9,11H,6H2,1-5H3,(H,13,15). The Morgan fingerprint density at radius 1 is 1.25 bits per heavy atom. The number of carbonyl (C=O) groups is 2. The lowest BCUT2D eigenvalue weighted by molar-refractivity contribution is -0.137. The maximum Gasteiger partial charge on any atom is 0.245 e. The molecule has 1 aliphatic heterocycles. The highest BCUT2D eigenvalue weighted by molar-refractivity contribution is 5.90. The topological polar surface area (TPSA) is 49.4 Å². The van der Waals surface area contributed by atoms with Gasteiger partial charge in [0.05, 0.1) is 0 Å². The predicted octanol–water partition coefficient (Wildman–Crippen LogP) is 1.16. The summed E-state index contributed by atoms with van der Waals surface area (Å²) in [5.41, 5.74) is 0. The highest BCUT2D eigenvalue weighted by atomic mass is 16.2. The third kappa shape index (κ3) is 2.54. The van der Waals surface area contributed by atoms with Crippen molar-refractivity contribution in [3.05, 3.63) is 0 Å². The number of hydrogen-bond donors (Lipinski definition) is 1. The van der Waals surface area contributed by atoms with Crippen LogP contribution < -0.4 is 5.32 Å². The minimum absolute atomic E-state index is 0.0174. The van der Waals surface area contributed by atoms with Crippen molar-refractivity contribution in [1.82, 2.24) is 10.2 Å². The zero-order valence-electron chi connectivity index (χ0n) is 10.8. The molecule has 0 aromatic heterocycles. The van der Waals surface area contributed by atoms with E-state index in [2.05, 4.69) is 5.32 Å². The van der Waals surface area contributed by atoms with Crippen LogP contribution in [0.2, 0.25) is 0 Å². The van der Waals surface area contributed by atoms with Gasteiger partial charge in [-0.2, -0.15) is 0 Å². The first kappa shape index (κ1) is 13.0. The molecule has 0 bridgehead atoms. The summed E-state index contributed by atoms with van der Waals surface area (Å²) in [7, 11) is 0. The van der Waals surface area contributed by atoms with Gasteiger partial charge >= 0.3 is 0 Å². The number of nitrogens with zero attached hydrogens (tertiary/aromatic N) is 1. The van der Waals surface area contributed by atoms with Crippen LogP contribution in [-0.4, -0.2) is 34.8 Å². The fraction of sp³-hybridized carbons (Fsp3) is 0.833. The molecule has 1 heterocycles. The predicted molar refractivity (Wildman–Crippen MR) is 62.8 cm³/mol. The molecule has 0 saturated carbocycles. The summed E-state index contributed by atoms with van der Waals surface area (Å²) < 4.78 is 0. The van der Waals surface area contributed by atoms with Gasteiger partial charge in [0.2, 0.25) is 11.8 Å². The van der Waals surface area contributed by atoms with E-state index in [4.69, 9.17) is 0 Å². The minimum atomic E-state index is -0.375. The average molecular weight is 226 g/mol. The summed E-state index contributed by atoms with van der Waals surface area (Å²) >= 11 is 0. The zero-order chi connectivity index (χ0) is 12.5. The van der Waals surface area contributed by atoms with E-state index in [0.29, 0.717) is 6.42 Å². The maximum atomic E-state index is 12.3. The minimum Gasteiger partial charge on any atom is -0.344 e. The third-order valence-corrected chi connectivity index (χ3v) is 3.02. The monoisotopic (exact) mass is 226 g/mol. The molecule has 1 N–H and O–H groups in total. The zero-order valence-corrected chi connectivity index (χ0v) is 10.8. The summed E-state index contributed by atoms with van der Waals surface area (Å²) in [6, 6.07) is -0.257. The Morgan fingerprint density at radius 2 is 1.81 bits per heavy atom. The molecule has 0 aromatic carbocycles. The van der Waals surface area contributed by atoms with Crippen LogP contribution in [0, 0.1) is 5.92 Å². The van der Waals surface area contributed by atoms with Crippen LogP contribution >= 0.6 is 0 Å². The Morgan fingerprint density at radius 3 is 2.25 bits per heavy atom. The molecule has 2 amide bonds. The van der Waals surface area contributed by atoms with Crippen molar-refractivity contribution in [1.29, 1.82) is 0 Å². The highest BCUT2D eigenvalue weighted by Crippen LogP contribution is 2.18. The first-order valence-electron chi connectivity index (χ1n) is 5.96. The van der Waals surface area contributed by atoms with Crippen molar-refractivity contribution < 1.29 is 9.59 Å². The number of nitrogens with one attached hydrogen (secondary N) is 1. The van der Waals surface area contributed by atoms with Crippen LogP contribution in [0.5, 0.6) is 0 Å². The number of rotatable bonds is 2. The Balaban J connectivity index is 3.00. The van der Waals surface area contributed by atoms with Gasteiger partial charge < -0.3 is 10.2 Å². The molecule has 92 valence electrons. The van der Waals surface area contributed by atoms with Gasteiger partial charge in [0.15, 0.2) is 0 Å². The van der Waals surface area contributed by atoms with Gasteiger partial charge in [-0.05, 0) is 26.7 Å². The average Bonchev–Trinajstić information content (AvgIpc) is 2.22. The lowest BCUT2D eigenvalue weighted by Gasteiger charge is -2.33. The largest absolute Gasteiger partial charge is 0.344 e. The van der Waals surface area contributed by atoms with Crippen molar-refractivity contribution in [2.24, 2.45) is 5.92 Å². The number of carbonyl (C=O) groups excluding carboxylic acids is 2. The number of amides is 2. The van der Waals surface area contributed by atoms with E-state index in [1.807, 2.05) is 39.5 Å². The van der Waals surface area contributed by atoms with Crippen molar-refractivity contribution >= 4 is 11.8 Å². The lowest BCUT2D eigenvalue weighted by atomic mass is 10.0. The molecule has 1 aliphatic rings. The molecule has 2 unspecified atom stereocenters. The highest BCUT2D eigenvalue weighted by Gasteiger charge is 2.36. The van der Waals surface area contributed by atoms with Gasteiger partial charge in [-0.3, -0.25) is 9.59 Å². The van der Waals surface area contributed by atoms with Crippen LogP contribution in [0.15, 0.2) is 0 Å². The maximum absolute atomic E-state index is 12.3. The molecule has 0 aromatic rings. The van der Waals surface area contributed by atoms with E-state index in [1.54, 1.807) is 0 Å². The van der Waals surface area contributed by atoms with Gasteiger partial charge in [-0.15, -0.1) is 0 Å². The molecule has 4 nitrogen and oxygen atoms in total. The third-order valence-electron chi connectivity index (χ3n) is 3.02. The van der Waals surface area contributed by atoms with Crippen molar-refractivity contribution in [2.45, 2.75) is 59.2 Å². The summed E-state index contributed by atoms with van der Waals surface area (Å²) in [4.78, 5) is 25.7. The Bertz CT molecular complexity index is 287. The van der Waals surface area contributed by atoms with E-state index in [-0.39, 0.29) is 35.9 Å². The second-order valence-corrected chi connectivity index (χ2v) is 5.18. The van der Waals surface area contributed by atoms with Gasteiger partial charge in [-0.25, -0.2) is 0 Å². The smallest absolute Gasteiger partial charge is 0.245 e. The Kier molecular flexibility index (Phi) is 3.94. The molecule has 2 atom stereocenters. The van der Waals surface area contributed by atoms with Crippen LogP contribution in [0.25, 0.3) is 0 Å². The summed E-state index contributed by atoms with van der Waals surface area (Å²) in [5, 5.41) is 2.81. The lowest BCUT2D eigenvalue weighted by Crippen LogP contribution is -2.51. The fourth-order valence-electron chi connectivity index (χ4n) is 2.25. The Hall–Kier alpha value is -1.06. The van der Waals surface area contributed by atoms with Crippen LogP contribution in [0.1, 0.15) is 41.0 Å². The molecule has 0 radical (unpaired) electrons. The summed E-state index contributed by atoms with van der Waals surface area (Å²) in [5.74, 6) is 0.147. The molecule has 0 spiro atoms. The quantitative estimate of drug-likeness (QED) is 0.768. The molecule has 4 heteroatoms. The van der Waals surface area contributed by atoms with Gasteiger partial charge in [-0.1, -0.05) is 13.8 Å². The van der Waals surface area contributed by atoms with E-state index >= 15 is 0 Å². The SMILES string of the molecule is CC(C)C1NC(=O)CC(C)N(C(C)C)C1=O. The second kappa shape index (κ2) is 4.85. The summed E-state index contributed by atoms with van der Waals surface area (Å²) in [6.07, 6.45) is 0.396. The van der Waals surface area contributed by atoms with E-state index < -0.39 is 0 Å². The second-order valence-electron chi connectivity index (χ2n) is 5.18. The van der Waals surface area contributed by atoms with Crippen LogP contribution in [-0.2, 0) is 9.59 Å². The van der Waals surface area contributed by atoms with E-state index in [9.17, 15) is 9.59 Å². The molecule has 1 rings (SSSR count). The van der Waals surface area contributed by atoms with Gasteiger partial charge in [0, 0.05) is 18.5 Å². The van der Waals surface area contributed by atoms with E-state index in [1.165, 1.54) is 0 Å². The van der Waals surface area contributed by atoms with Gasteiger partial charge in [0.1, 0.15) is 6.04 Å². The van der Waals surface area contributed by atoms with Gasteiger partial charge in [0.25, 0.3) is 0 Å². The molecular formula is C12H22N2O2. The summed E-state index contributed by atoms with van der Waals surface area (Å²) in [6.45, 7) is 9.82. The van der Waals surface area contributed by atoms with Crippen LogP contribution in [0.4, 0.5) is 0 Å². The molecule has 16 heavy (non-hydrogen) atoms.